The van der Waals surface area contributed by atoms with E-state index in [4.69, 9.17) is 4.74 Å². The summed E-state index contributed by atoms with van der Waals surface area (Å²) in [6.45, 7) is 12.2. The highest BCUT2D eigenvalue weighted by Gasteiger charge is 2.55. The Kier molecular flexibility index (Phi) is 7.52. The first kappa shape index (κ1) is 21.5. The second-order valence-electron chi connectivity index (χ2n) is 7.11. The van der Waals surface area contributed by atoms with E-state index in [1.165, 1.54) is 11.1 Å². The van der Waals surface area contributed by atoms with Gasteiger partial charge in [-0.15, -0.1) is 0 Å². The molecular formula is C22H36O3. The molecule has 2 unspecified atom stereocenters. The standard InChI is InChI=1S/C18H24O3.2C2H6/c1-17-9-4-10-18(2,16(19)20)15(17)8-6-12-5-7-13(21-3)11-14(12)17;2*1-2/h5,7,11,15H,4,6,8-10H2,1-3H3,(H,19,20);2*1-2H3/t15?,17?,18-;;/m0../s1. The van der Waals surface area contributed by atoms with Gasteiger partial charge in [0.05, 0.1) is 12.5 Å². The number of ether oxygens (including phenoxy) is 1. The molecule has 2 aliphatic rings. The van der Waals surface area contributed by atoms with E-state index >= 15 is 0 Å². The predicted octanol–water partition coefficient (Wildman–Crippen LogP) is 5.84. The quantitative estimate of drug-likeness (QED) is 0.730. The van der Waals surface area contributed by atoms with Crippen molar-refractivity contribution in [3.8, 4) is 5.75 Å². The van der Waals surface area contributed by atoms with Gasteiger partial charge in [0.1, 0.15) is 5.75 Å². The number of carboxylic acid groups (broad SMARTS) is 1. The second kappa shape index (κ2) is 8.73. The van der Waals surface area contributed by atoms with E-state index in [2.05, 4.69) is 19.1 Å². The van der Waals surface area contributed by atoms with E-state index < -0.39 is 11.4 Å². The molecule has 1 fully saturated rings. The number of aliphatic carboxylic acids is 1. The molecule has 25 heavy (non-hydrogen) atoms. The summed E-state index contributed by atoms with van der Waals surface area (Å²) in [4.78, 5) is 11.9. The summed E-state index contributed by atoms with van der Waals surface area (Å²) >= 11 is 0. The Morgan fingerprint density at radius 2 is 1.80 bits per heavy atom. The number of hydrogen-bond donors (Lipinski definition) is 1. The van der Waals surface area contributed by atoms with Crippen molar-refractivity contribution in [1.29, 1.82) is 0 Å². The van der Waals surface area contributed by atoms with Crippen LogP contribution < -0.4 is 4.74 Å². The summed E-state index contributed by atoms with van der Waals surface area (Å²) in [6.07, 6.45) is 4.79. The number of aryl methyl sites for hydroxylation is 1. The molecule has 1 aromatic carbocycles. The molecule has 142 valence electrons. The lowest BCUT2D eigenvalue weighted by molar-refractivity contribution is -0.157. The summed E-state index contributed by atoms with van der Waals surface area (Å²) in [7, 11) is 1.69. The maximum Gasteiger partial charge on any atom is 0.309 e. The van der Waals surface area contributed by atoms with Gasteiger partial charge in [0, 0.05) is 0 Å². The molecule has 0 radical (unpaired) electrons. The third-order valence-electron chi connectivity index (χ3n) is 6.05. The summed E-state index contributed by atoms with van der Waals surface area (Å²) in [5.41, 5.74) is 2.02. The van der Waals surface area contributed by atoms with Gasteiger partial charge in [-0.05, 0) is 67.2 Å². The van der Waals surface area contributed by atoms with Crippen molar-refractivity contribution in [2.75, 3.05) is 7.11 Å². The van der Waals surface area contributed by atoms with Crippen molar-refractivity contribution in [3.05, 3.63) is 29.3 Å². The van der Waals surface area contributed by atoms with Gasteiger partial charge < -0.3 is 9.84 Å². The number of carbonyl (C=O) groups is 1. The van der Waals surface area contributed by atoms with Crippen molar-refractivity contribution < 1.29 is 14.6 Å². The SMILES string of the molecule is CC.CC.COc1ccc2c(c1)C1(C)CCC[C@](C)(C(=O)O)C1CC2. The molecule has 0 aliphatic heterocycles. The topological polar surface area (TPSA) is 46.5 Å². The molecule has 1 saturated carbocycles. The van der Waals surface area contributed by atoms with E-state index in [0.717, 1.165) is 37.9 Å². The van der Waals surface area contributed by atoms with Crippen LogP contribution in [0.4, 0.5) is 0 Å². The fourth-order valence-electron chi connectivity index (χ4n) is 4.82. The zero-order valence-corrected chi connectivity index (χ0v) is 17.1. The van der Waals surface area contributed by atoms with Gasteiger partial charge in [0.2, 0.25) is 0 Å². The van der Waals surface area contributed by atoms with Crippen LogP contribution in [-0.2, 0) is 16.6 Å². The Labute approximate surface area is 153 Å². The number of methoxy groups -OCH3 is 1. The lowest BCUT2D eigenvalue weighted by atomic mass is 9.50. The maximum absolute atomic E-state index is 11.9. The molecule has 3 nitrogen and oxygen atoms in total. The van der Waals surface area contributed by atoms with Gasteiger partial charge in [0.25, 0.3) is 0 Å². The first-order valence-electron chi connectivity index (χ1n) is 9.82. The lowest BCUT2D eigenvalue weighted by Crippen LogP contribution is -2.52. The second-order valence-corrected chi connectivity index (χ2v) is 7.11. The highest BCUT2D eigenvalue weighted by Crippen LogP contribution is 2.57. The summed E-state index contributed by atoms with van der Waals surface area (Å²) in [5.74, 6) is 0.443. The minimum atomic E-state index is -0.634. The number of fused-ring (bicyclic) bond motifs is 3. The molecule has 0 bridgehead atoms. The summed E-state index contributed by atoms with van der Waals surface area (Å²) < 4.78 is 5.39. The van der Waals surface area contributed by atoms with Crippen LogP contribution in [0.3, 0.4) is 0 Å². The van der Waals surface area contributed by atoms with Crippen molar-refractivity contribution in [2.45, 2.75) is 79.1 Å². The monoisotopic (exact) mass is 348 g/mol. The van der Waals surface area contributed by atoms with Gasteiger partial charge in [-0.25, -0.2) is 0 Å². The van der Waals surface area contributed by atoms with Crippen molar-refractivity contribution in [3.63, 3.8) is 0 Å². The Morgan fingerprint density at radius 1 is 1.16 bits per heavy atom. The number of rotatable bonds is 2. The highest BCUT2D eigenvalue weighted by atomic mass is 16.5. The molecule has 0 heterocycles. The van der Waals surface area contributed by atoms with Crippen LogP contribution in [-0.4, -0.2) is 18.2 Å². The number of hydrogen-bond acceptors (Lipinski definition) is 2. The van der Waals surface area contributed by atoms with Crippen LogP contribution in [0.1, 0.15) is 78.4 Å². The Balaban J connectivity index is 0.000000730. The molecule has 0 saturated heterocycles. The molecule has 3 atom stereocenters. The molecular weight excluding hydrogens is 312 g/mol. The zero-order valence-electron chi connectivity index (χ0n) is 17.1. The minimum Gasteiger partial charge on any atom is -0.497 e. The van der Waals surface area contributed by atoms with Gasteiger partial charge >= 0.3 is 5.97 Å². The molecule has 3 heteroatoms. The summed E-state index contributed by atoms with van der Waals surface area (Å²) in [5, 5.41) is 9.77. The average molecular weight is 349 g/mol. The first-order valence-corrected chi connectivity index (χ1v) is 9.82. The van der Waals surface area contributed by atoms with Gasteiger partial charge in [-0.1, -0.05) is 47.1 Å². The predicted molar refractivity (Wildman–Crippen MR) is 104 cm³/mol. The van der Waals surface area contributed by atoms with Crippen molar-refractivity contribution >= 4 is 5.97 Å². The van der Waals surface area contributed by atoms with Crippen LogP contribution >= 0.6 is 0 Å². The van der Waals surface area contributed by atoms with Crippen LogP contribution in [0.2, 0.25) is 0 Å². The molecule has 0 spiro atoms. The van der Waals surface area contributed by atoms with E-state index in [1.807, 2.05) is 40.7 Å². The number of benzene rings is 1. The third-order valence-corrected chi connectivity index (χ3v) is 6.05. The maximum atomic E-state index is 11.9. The summed E-state index contributed by atoms with van der Waals surface area (Å²) in [6, 6.07) is 6.30. The largest absolute Gasteiger partial charge is 0.497 e. The molecule has 1 aromatic rings. The fourth-order valence-corrected chi connectivity index (χ4v) is 4.82. The van der Waals surface area contributed by atoms with Gasteiger partial charge in [0.15, 0.2) is 0 Å². The van der Waals surface area contributed by atoms with E-state index in [9.17, 15) is 9.90 Å². The van der Waals surface area contributed by atoms with E-state index in [0.29, 0.717) is 0 Å². The molecule has 0 aromatic heterocycles. The Morgan fingerprint density at radius 3 is 2.36 bits per heavy atom. The normalized spacial score (nSPS) is 29.6. The van der Waals surface area contributed by atoms with E-state index in [1.54, 1.807) is 7.11 Å². The van der Waals surface area contributed by atoms with Crippen LogP contribution in [0.5, 0.6) is 5.75 Å². The van der Waals surface area contributed by atoms with Crippen molar-refractivity contribution in [2.24, 2.45) is 11.3 Å². The average Bonchev–Trinajstić information content (AvgIpc) is 2.64. The minimum absolute atomic E-state index is 0.0481. The smallest absolute Gasteiger partial charge is 0.309 e. The van der Waals surface area contributed by atoms with Crippen LogP contribution in [0.15, 0.2) is 18.2 Å². The molecule has 0 amide bonds. The zero-order chi connectivity index (χ0) is 19.3. The fraction of sp³-hybridized carbons (Fsp3) is 0.682. The lowest BCUT2D eigenvalue weighted by Gasteiger charge is -2.53. The third kappa shape index (κ3) is 3.70. The number of carboxylic acids is 1. The Bertz CT molecular complexity index is 581. The van der Waals surface area contributed by atoms with Gasteiger partial charge in [-0.3, -0.25) is 4.79 Å². The van der Waals surface area contributed by atoms with Crippen molar-refractivity contribution in [1.82, 2.24) is 0 Å². The molecule has 3 rings (SSSR count). The first-order chi connectivity index (χ1) is 11.9. The highest BCUT2D eigenvalue weighted by molar-refractivity contribution is 5.75. The van der Waals surface area contributed by atoms with E-state index in [-0.39, 0.29) is 11.3 Å². The van der Waals surface area contributed by atoms with Crippen LogP contribution in [0.25, 0.3) is 0 Å². The molecule has 2 aliphatic carbocycles. The van der Waals surface area contributed by atoms with Crippen LogP contribution in [0, 0.1) is 11.3 Å². The molecule has 1 N–H and O–H groups in total. The Hall–Kier alpha value is -1.51. The van der Waals surface area contributed by atoms with Gasteiger partial charge in [-0.2, -0.15) is 0 Å².